The van der Waals surface area contributed by atoms with Gasteiger partial charge in [-0.1, -0.05) is 34.4 Å². The highest BCUT2D eigenvalue weighted by atomic mass is 35.5. The standard InChI is InChI=1S/C19H19Cl2NO5/c20-11-2-1-3-12(21)15(11)16-10(17(27-22-16)9-4-5-9)6-24-14-8-26-18-13(23)7-25-19(14)18/h1-3,9,13-14,18-19,23H,4-8H2/t13-,14-,18+,19+/m0/s1. The molecule has 3 fully saturated rings. The first-order valence-electron chi connectivity index (χ1n) is 9.09. The summed E-state index contributed by atoms with van der Waals surface area (Å²) in [5.74, 6) is 1.20. The molecule has 27 heavy (non-hydrogen) atoms. The maximum atomic E-state index is 9.89. The summed E-state index contributed by atoms with van der Waals surface area (Å²) in [6.07, 6.45) is 0.728. The number of nitrogens with zero attached hydrogens (tertiary/aromatic N) is 1. The van der Waals surface area contributed by atoms with E-state index in [9.17, 15) is 5.11 Å². The Morgan fingerprint density at radius 3 is 2.59 bits per heavy atom. The Bertz CT molecular complexity index is 832. The Morgan fingerprint density at radius 2 is 1.85 bits per heavy atom. The molecule has 0 unspecified atom stereocenters. The molecule has 1 aromatic heterocycles. The minimum atomic E-state index is -0.598. The van der Waals surface area contributed by atoms with Crippen molar-refractivity contribution in [3.63, 3.8) is 0 Å². The molecule has 0 radical (unpaired) electrons. The zero-order valence-corrected chi connectivity index (χ0v) is 15.9. The molecular formula is C19H19Cl2NO5. The van der Waals surface area contributed by atoms with Crippen LogP contribution < -0.4 is 0 Å². The van der Waals surface area contributed by atoms with Gasteiger partial charge in [-0.2, -0.15) is 0 Å². The van der Waals surface area contributed by atoms with Crippen LogP contribution in [0.5, 0.6) is 0 Å². The average Bonchev–Trinajstić information content (AvgIpc) is 3.12. The van der Waals surface area contributed by atoms with Crippen molar-refractivity contribution in [3.8, 4) is 11.3 Å². The fourth-order valence-electron chi connectivity index (χ4n) is 3.83. The van der Waals surface area contributed by atoms with Crippen LogP contribution in [0.1, 0.15) is 30.1 Å². The van der Waals surface area contributed by atoms with Gasteiger partial charge in [-0.3, -0.25) is 0 Å². The topological polar surface area (TPSA) is 74.0 Å². The number of aromatic nitrogens is 1. The second kappa shape index (κ2) is 7.03. The van der Waals surface area contributed by atoms with E-state index in [2.05, 4.69) is 5.16 Å². The minimum Gasteiger partial charge on any atom is -0.388 e. The fraction of sp³-hybridized carbons (Fsp3) is 0.526. The number of aliphatic hydroxyl groups is 1. The predicted molar refractivity (Wildman–Crippen MR) is 98.0 cm³/mol. The van der Waals surface area contributed by atoms with Crippen LogP contribution in [0.25, 0.3) is 11.3 Å². The molecule has 8 heteroatoms. The van der Waals surface area contributed by atoms with Crippen LogP contribution in [0, 0.1) is 0 Å². The van der Waals surface area contributed by atoms with Gasteiger partial charge in [0, 0.05) is 17.0 Å². The molecule has 2 aliphatic heterocycles. The summed E-state index contributed by atoms with van der Waals surface area (Å²) in [5, 5.41) is 15.2. The molecule has 5 rings (SSSR count). The van der Waals surface area contributed by atoms with Gasteiger partial charge in [-0.05, 0) is 25.0 Å². The highest BCUT2D eigenvalue weighted by molar-refractivity contribution is 6.39. The highest BCUT2D eigenvalue weighted by Gasteiger charge is 2.48. The maximum Gasteiger partial charge on any atom is 0.145 e. The Kier molecular flexibility index (Phi) is 4.66. The summed E-state index contributed by atoms with van der Waals surface area (Å²) in [7, 11) is 0. The second-order valence-corrected chi connectivity index (χ2v) is 8.07. The summed E-state index contributed by atoms with van der Waals surface area (Å²) in [6, 6.07) is 5.36. The third-order valence-corrected chi connectivity index (χ3v) is 6.02. The lowest BCUT2D eigenvalue weighted by Gasteiger charge is -2.17. The molecule has 1 aliphatic carbocycles. The summed E-state index contributed by atoms with van der Waals surface area (Å²) in [6.45, 7) is 0.956. The van der Waals surface area contributed by atoms with Crippen LogP contribution in [0.4, 0.5) is 0 Å². The normalized spacial score (nSPS) is 30.0. The Balaban J connectivity index is 1.43. The molecule has 1 N–H and O–H groups in total. The Labute approximate surface area is 166 Å². The number of rotatable bonds is 5. The molecule has 0 bridgehead atoms. The van der Waals surface area contributed by atoms with Gasteiger partial charge >= 0.3 is 0 Å². The molecular weight excluding hydrogens is 393 g/mol. The monoisotopic (exact) mass is 411 g/mol. The first kappa shape index (κ1) is 17.9. The van der Waals surface area contributed by atoms with Gasteiger partial charge in [-0.25, -0.2) is 0 Å². The largest absolute Gasteiger partial charge is 0.388 e. The summed E-state index contributed by atoms with van der Waals surface area (Å²) in [5.41, 5.74) is 2.15. The quantitative estimate of drug-likeness (QED) is 0.810. The number of ether oxygens (including phenoxy) is 3. The van der Waals surface area contributed by atoms with E-state index in [-0.39, 0.29) is 24.9 Å². The van der Waals surface area contributed by atoms with E-state index >= 15 is 0 Å². The van der Waals surface area contributed by atoms with E-state index in [1.165, 1.54) is 0 Å². The zero-order valence-electron chi connectivity index (χ0n) is 14.4. The molecule has 4 atom stereocenters. The minimum absolute atomic E-state index is 0.247. The number of hydrogen-bond acceptors (Lipinski definition) is 6. The van der Waals surface area contributed by atoms with Crippen molar-refractivity contribution in [2.24, 2.45) is 0 Å². The van der Waals surface area contributed by atoms with Crippen LogP contribution in [0.3, 0.4) is 0 Å². The summed E-state index contributed by atoms with van der Waals surface area (Å²) < 4.78 is 23.0. The second-order valence-electron chi connectivity index (χ2n) is 7.26. The van der Waals surface area contributed by atoms with E-state index < -0.39 is 6.10 Å². The lowest BCUT2D eigenvalue weighted by molar-refractivity contribution is -0.0441. The Morgan fingerprint density at radius 1 is 1.11 bits per heavy atom. The van der Waals surface area contributed by atoms with E-state index in [0.717, 1.165) is 24.2 Å². The highest BCUT2D eigenvalue weighted by Crippen LogP contribution is 2.46. The summed E-state index contributed by atoms with van der Waals surface area (Å²) in [4.78, 5) is 0. The maximum absolute atomic E-state index is 9.89. The van der Waals surface area contributed by atoms with Gasteiger partial charge in [0.25, 0.3) is 0 Å². The fourth-order valence-corrected chi connectivity index (χ4v) is 4.40. The number of aliphatic hydroxyl groups excluding tert-OH is 1. The first-order valence-corrected chi connectivity index (χ1v) is 9.84. The van der Waals surface area contributed by atoms with Gasteiger partial charge in [0.05, 0.1) is 29.9 Å². The van der Waals surface area contributed by atoms with Gasteiger partial charge in [0.15, 0.2) is 0 Å². The molecule has 3 aliphatic rings. The third kappa shape index (κ3) is 3.18. The van der Waals surface area contributed by atoms with Crippen LogP contribution in [0.2, 0.25) is 10.0 Å². The van der Waals surface area contributed by atoms with Crippen molar-refractivity contribution in [1.82, 2.24) is 5.16 Å². The van der Waals surface area contributed by atoms with E-state index in [1.54, 1.807) is 18.2 Å². The van der Waals surface area contributed by atoms with Crippen LogP contribution in [0.15, 0.2) is 22.7 Å². The molecule has 0 spiro atoms. The molecule has 0 amide bonds. The van der Waals surface area contributed by atoms with Crippen molar-refractivity contribution in [1.29, 1.82) is 0 Å². The molecule has 6 nitrogen and oxygen atoms in total. The van der Waals surface area contributed by atoms with Gasteiger partial charge < -0.3 is 23.8 Å². The van der Waals surface area contributed by atoms with Crippen molar-refractivity contribution in [3.05, 3.63) is 39.6 Å². The third-order valence-electron chi connectivity index (χ3n) is 5.39. The van der Waals surface area contributed by atoms with Crippen molar-refractivity contribution >= 4 is 23.2 Å². The summed E-state index contributed by atoms with van der Waals surface area (Å²) >= 11 is 12.8. The smallest absolute Gasteiger partial charge is 0.145 e. The predicted octanol–water partition coefficient (Wildman–Crippen LogP) is 3.57. The van der Waals surface area contributed by atoms with Crippen LogP contribution in [-0.4, -0.2) is 47.9 Å². The number of fused-ring (bicyclic) bond motifs is 1. The van der Waals surface area contributed by atoms with E-state index in [1.807, 2.05) is 0 Å². The number of halogens is 2. The van der Waals surface area contributed by atoms with Crippen molar-refractivity contribution in [2.45, 2.75) is 49.8 Å². The van der Waals surface area contributed by atoms with Gasteiger partial charge in [-0.15, -0.1) is 0 Å². The van der Waals surface area contributed by atoms with Gasteiger partial charge in [0.1, 0.15) is 35.9 Å². The lowest BCUT2D eigenvalue weighted by atomic mass is 10.0. The molecule has 2 saturated heterocycles. The van der Waals surface area contributed by atoms with Crippen molar-refractivity contribution in [2.75, 3.05) is 13.2 Å². The lowest BCUT2D eigenvalue weighted by Crippen LogP contribution is -2.32. The molecule has 1 aromatic carbocycles. The average molecular weight is 412 g/mol. The molecule has 1 saturated carbocycles. The van der Waals surface area contributed by atoms with Crippen molar-refractivity contribution < 1.29 is 23.8 Å². The van der Waals surface area contributed by atoms with Crippen LogP contribution in [-0.2, 0) is 20.8 Å². The number of hydrogen-bond donors (Lipinski definition) is 1. The molecule has 144 valence electrons. The molecule has 3 heterocycles. The molecule has 2 aromatic rings. The number of benzene rings is 1. The van der Waals surface area contributed by atoms with E-state index in [4.69, 9.17) is 41.9 Å². The first-order chi connectivity index (χ1) is 13.1. The van der Waals surface area contributed by atoms with E-state index in [0.29, 0.717) is 40.4 Å². The van der Waals surface area contributed by atoms with Crippen LogP contribution >= 0.6 is 23.2 Å². The van der Waals surface area contributed by atoms with Gasteiger partial charge in [0.2, 0.25) is 0 Å². The zero-order chi connectivity index (χ0) is 18.5. The Hall–Kier alpha value is -1.15. The SMILES string of the molecule is O[C@H]1CO[C@H]2[C@@H]1OC[C@@H]2OCc1c(-c2c(Cl)cccc2Cl)noc1C1CC1.